The summed E-state index contributed by atoms with van der Waals surface area (Å²) < 4.78 is 12.6. The number of fused-ring (bicyclic) bond motifs is 4. The first kappa shape index (κ1) is 33.8. The van der Waals surface area contributed by atoms with Crippen LogP contribution in [0.4, 0.5) is 0 Å². The number of pyridine rings is 2. The molecule has 7 heteroatoms. The van der Waals surface area contributed by atoms with Gasteiger partial charge in [-0.05, 0) is 78.8 Å². The number of rotatable bonds is 3. The molecule has 0 saturated heterocycles. The zero-order chi connectivity index (χ0) is 32.0. The number of hydrogen-bond donors (Lipinski definition) is 1. The van der Waals surface area contributed by atoms with Crippen molar-refractivity contribution in [1.29, 1.82) is 0 Å². The number of aliphatic hydroxyl groups excluding tert-OH is 1. The maximum Gasteiger partial charge on any atom is 0.217 e. The number of furan rings is 2. The van der Waals surface area contributed by atoms with Gasteiger partial charge < -0.3 is 13.9 Å². The Kier molecular flexibility index (Phi) is 9.58. The number of aryl methyl sites for hydroxylation is 1. The summed E-state index contributed by atoms with van der Waals surface area (Å²) in [6, 6.07) is 24.3. The molecule has 0 aliphatic heterocycles. The van der Waals surface area contributed by atoms with Crippen LogP contribution in [0.15, 0.2) is 81.3 Å². The Bertz CT molecular complexity index is 2020. The van der Waals surface area contributed by atoms with Gasteiger partial charge in [0.1, 0.15) is 5.76 Å². The van der Waals surface area contributed by atoms with Crippen molar-refractivity contribution in [3.8, 4) is 22.6 Å². The first-order chi connectivity index (χ1) is 20.6. The molecule has 0 saturated carbocycles. The van der Waals surface area contributed by atoms with Crippen molar-refractivity contribution < 1.29 is 38.8 Å². The standard InChI is InChI=1S/C33H31N2O2.C5H8O2.Ir/c1-19-11-13-25-24-9-8-10-26(29(24)37-31(25)34-19)27-14-12-20-17-28(36-30(20)35-27)21-15-22(32(2,3)4)18-23(16-21)33(5,6)7;1-4(6)3-5(2)7;/h8-9,11-18H,1-7H3;3,6H,1-2H3;/q-1;;/b;4-3-;. The summed E-state index contributed by atoms with van der Waals surface area (Å²) in [5.41, 5.74) is 8.16. The SMILES string of the molecule is CC(=O)/C=C(/C)O.Cc1ccc2c(n1)oc1c(-c3ccc4cc(-c5cc(C(C)(C)C)cc(C(C)(C)C)c5)oc4n3)[c-]ccc12.[Ir]. The van der Waals surface area contributed by atoms with Gasteiger partial charge in [-0.2, -0.15) is 0 Å². The van der Waals surface area contributed by atoms with E-state index in [1.54, 1.807) is 0 Å². The molecule has 4 aromatic heterocycles. The van der Waals surface area contributed by atoms with Crippen LogP contribution in [0.1, 0.15) is 72.2 Å². The number of aromatic nitrogens is 2. The fourth-order valence-corrected chi connectivity index (χ4v) is 5.03. The van der Waals surface area contributed by atoms with Crippen LogP contribution < -0.4 is 0 Å². The van der Waals surface area contributed by atoms with E-state index in [2.05, 4.69) is 89.0 Å². The number of carbonyl (C=O) groups excluding carboxylic acids is 1. The molecule has 0 atom stereocenters. The zero-order valence-corrected chi connectivity index (χ0v) is 29.6. The van der Waals surface area contributed by atoms with E-state index in [-0.39, 0.29) is 42.5 Å². The molecule has 0 bridgehead atoms. The molecule has 6 nitrogen and oxygen atoms in total. The molecular formula is C38H39IrN2O4-. The second-order valence-electron chi connectivity index (χ2n) is 13.4. The number of allylic oxidation sites excluding steroid dienone is 2. The van der Waals surface area contributed by atoms with Crippen molar-refractivity contribution in [3.63, 3.8) is 0 Å². The molecule has 1 N–H and O–H groups in total. The predicted octanol–water partition coefficient (Wildman–Crippen LogP) is 10.2. The van der Waals surface area contributed by atoms with Crippen LogP contribution in [-0.4, -0.2) is 20.9 Å². The fourth-order valence-electron chi connectivity index (χ4n) is 5.03. The maximum atomic E-state index is 10.0. The average Bonchev–Trinajstić information content (AvgIpc) is 3.52. The Morgan fingerprint density at radius 1 is 0.822 bits per heavy atom. The Morgan fingerprint density at radius 3 is 2.07 bits per heavy atom. The molecule has 6 rings (SSSR count). The van der Waals surface area contributed by atoms with E-state index in [1.807, 2.05) is 31.2 Å². The first-order valence-electron chi connectivity index (χ1n) is 14.8. The molecule has 0 unspecified atom stereocenters. The van der Waals surface area contributed by atoms with Crippen molar-refractivity contribution in [1.82, 2.24) is 9.97 Å². The van der Waals surface area contributed by atoms with Gasteiger partial charge in [0.15, 0.2) is 5.78 Å². The van der Waals surface area contributed by atoms with Gasteiger partial charge in [-0.1, -0.05) is 70.7 Å². The summed E-state index contributed by atoms with van der Waals surface area (Å²) in [6.45, 7) is 18.3. The summed E-state index contributed by atoms with van der Waals surface area (Å²) in [5, 5.41) is 11.3. The van der Waals surface area contributed by atoms with E-state index in [4.69, 9.17) is 18.9 Å². The molecule has 0 spiro atoms. The van der Waals surface area contributed by atoms with Crippen molar-refractivity contribution in [2.45, 2.75) is 73.1 Å². The third-order valence-corrected chi connectivity index (χ3v) is 7.44. The van der Waals surface area contributed by atoms with Gasteiger partial charge in [0.05, 0.1) is 11.3 Å². The molecule has 4 heterocycles. The third-order valence-electron chi connectivity index (χ3n) is 7.44. The quantitative estimate of drug-likeness (QED) is 0.109. The summed E-state index contributed by atoms with van der Waals surface area (Å²) in [7, 11) is 0. The molecule has 6 aromatic rings. The van der Waals surface area contributed by atoms with E-state index in [0.717, 1.165) is 50.0 Å². The molecule has 0 amide bonds. The van der Waals surface area contributed by atoms with Crippen LogP contribution in [0.25, 0.3) is 55.7 Å². The molecular weight excluding hydrogens is 741 g/mol. The summed E-state index contributed by atoms with van der Waals surface area (Å²) in [5.74, 6) is 0.759. The normalized spacial score (nSPS) is 12.2. The average molecular weight is 780 g/mol. The van der Waals surface area contributed by atoms with Crippen molar-refractivity contribution in [2.24, 2.45) is 0 Å². The number of aliphatic hydroxyl groups is 1. The molecule has 235 valence electrons. The van der Waals surface area contributed by atoms with E-state index in [1.165, 1.54) is 31.1 Å². The van der Waals surface area contributed by atoms with Crippen LogP contribution in [0.5, 0.6) is 0 Å². The maximum absolute atomic E-state index is 10.0. The van der Waals surface area contributed by atoms with Gasteiger partial charge in [0, 0.05) is 48.2 Å². The van der Waals surface area contributed by atoms with E-state index in [9.17, 15) is 4.79 Å². The van der Waals surface area contributed by atoms with Crippen LogP contribution in [0.2, 0.25) is 0 Å². The van der Waals surface area contributed by atoms with E-state index < -0.39 is 0 Å². The minimum absolute atomic E-state index is 0. The smallest absolute Gasteiger partial charge is 0.217 e. The number of ketones is 1. The molecule has 0 aliphatic carbocycles. The topological polar surface area (TPSA) is 89.4 Å². The Labute approximate surface area is 277 Å². The second-order valence-corrected chi connectivity index (χ2v) is 13.4. The Hall–Kier alpha value is -4.06. The van der Waals surface area contributed by atoms with Gasteiger partial charge in [0.2, 0.25) is 11.4 Å². The minimum Gasteiger partial charge on any atom is -0.512 e. The summed E-state index contributed by atoms with van der Waals surface area (Å²) in [6.07, 6.45) is 1.17. The fraction of sp³-hybridized carbons (Fsp3) is 0.289. The molecule has 45 heavy (non-hydrogen) atoms. The second kappa shape index (κ2) is 12.7. The van der Waals surface area contributed by atoms with Crippen molar-refractivity contribution >= 4 is 39.0 Å². The first-order valence-corrected chi connectivity index (χ1v) is 14.8. The van der Waals surface area contributed by atoms with Crippen molar-refractivity contribution in [2.75, 3.05) is 0 Å². The largest absolute Gasteiger partial charge is 0.512 e. The monoisotopic (exact) mass is 780 g/mol. The Balaban J connectivity index is 0.000000519. The summed E-state index contributed by atoms with van der Waals surface area (Å²) >= 11 is 0. The van der Waals surface area contributed by atoms with E-state index in [0.29, 0.717) is 11.4 Å². The molecule has 1 radical (unpaired) electrons. The van der Waals surface area contributed by atoms with Gasteiger partial charge in [-0.3, -0.25) is 9.78 Å². The number of nitrogens with zero attached hydrogens (tertiary/aromatic N) is 2. The minimum atomic E-state index is -0.125. The van der Waals surface area contributed by atoms with Crippen LogP contribution in [0, 0.1) is 13.0 Å². The van der Waals surface area contributed by atoms with Crippen molar-refractivity contribution in [3.05, 3.63) is 95.4 Å². The van der Waals surface area contributed by atoms with Gasteiger partial charge in [-0.25, -0.2) is 4.98 Å². The molecule has 2 aromatic carbocycles. The van der Waals surface area contributed by atoms with Gasteiger partial charge in [-0.15, -0.1) is 18.2 Å². The predicted molar refractivity (Wildman–Crippen MR) is 178 cm³/mol. The van der Waals surface area contributed by atoms with Crippen LogP contribution in [-0.2, 0) is 35.7 Å². The zero-order valence-electron chi connectivity index (χ0n) is 27.3. The van der Waals surface area contributed by atoms with Crippen LogP contribution >= 0.6 is 0 Å². The van der Waals surface area contributed by atoms with Gasteiger partial charge in [0.25, 0.3) is 0 Å². The number of benzene rings is 2. The number of hydrogen-bond acceptors (Lipinski definition) is 6. The molecule has 0 aliphatic rings. The summed E-state index contributed by atoms with van der Waals surface area (Å²) in [4.78, 5) is 19.5. The van der Waals surface area contributed by atoms with E-state index >= 15 is 0 Å². The number of carbonyl (C=O) groups is 1. The Morgan fingerprint density at radius 2 is 1.49 bits per heavy atom. The third kappa shape index (κ3) is 7.43. The van der Waals surface area contributed by atoms with Gasteiger partial charge >= 0.3 is 0 Å². The molecule has 0 fully saturated rings. The van der Waals surface area contributed by atoms with Crippen LogP contribution in [0.3, 0.4) is 0 Å².